The minimum Gasteiger partial charge on any atom is -0.496 e. The number of hydrogen-bond acceptors (Lipinski definition) is 5. The lowest BCUT2D eigenvalue weighted by molar-refractivity contribution is 0.270. The van der Waals surface area contributed by atoms with Gasteiger partial charge >= 0.3 is 0 Å². The quantitative estimate of drug-likeness (QED) is 0.413. The minimum atomic E-state index is -0.234. The molecule has 3 aromatic rings. The number of aliphatic hydroxyl groups is 2. The topological polar surface area (TPSA) is 68.2 Å². The summed E-state index contributed by atoms with van der Waals surface area (Å²) in [4.78, 5) is 0. The molecule has 0 aliphatic carbocycles. The van der Waals surface area contributed by atoms with E-state index in [1.165, 1.54) is 0 Å². The van der Waals surface area contributed by atoms with Crippen LogP contribution < -0.4 is 14.2 Å². The number of ether oxygens (including phenoxy) is 3. The van der Waals surface area contributed by atoms with Crippen molar-refractivity contribution in [1.82, 2.24) is 0 Å². The Morgan fingerprint density at radius 2 is 1.55 bits per heavy atom. The minimum absolute atomic E-state index is 0.173. The Kier molecular flexibility index (Phi) is 8.15. The second-order valence-electron chi connectivity index (χ2n) is 8.11. The maximum Gasteiger partial charge on any atom is 0.133 e. The van der Waals surface area contributed by atoms with Crippen LogP contribution in [0.1, 0.15) is 30.5 Å². The van der Waals surface area contributed by atoms with E-state index < -0.39 is 0 Å². The van der Waals surface area contributed by atoms with Crippen molar-refractivity contribution in [1.29, 1.82) is 0 Å². The Balaban J connectivity index is 2.16. The molecule has 5 heteroatoms. The number of methoxy groups -OCH3 is 2. The molecular formula is C28H32O5. The van der Waals surface area contributed by atoms with Gasteiger partial charge in [0.1, 0.15) is 23.9 Å². The standard InChI is InChI=1S/C28H32O5/c1-18(2)12-13-33-25-11-10-21(14-22(25)16-29)27-24(17-30)28(32-5)23(15-26(27)31-4)20-8-6-19(3)7-9-20/h6-12,14-15,29-30H,13,16-17H2,1-5H3. The predicted octanol–water partition coefficient (Wildman–Crippen LogP) is 5.68. The third kappa shape index (κ3) is 5.38. The molecule has 0 radical (unpaired) electrons. The van der Waals surface area contributed by atoms with Gasteiger partial charge in [-0.25, -0.2) is 0 Å². The van der Waals surface area contributed by atoms with Gasteiger partial charge in [-0.15, -0.1) is 0 Å². The summed E-state index contributed by atoms with van der Waals surface area (Å²) >= 11 is 0. The van der Waals surface area contributed by atoms with Crippen LogP contribution >= 0.6 is 0 Å². The smallest absolute Gasteiger partial charge is 0.133 e. The number of aliphatic hydroxyl groups excluding tert-OH is 2. The summed E-state index contributed by atoms with van der Waals surface area (Å²) in [6.45, 7) is 6.08. The number of allylic oxidation sites excluding steroid dienone is 1. The SMILES string of the molecule is COc1cc(-c2ccc(C)cc2)c(OC)c(CO)c1-c1ccc(OCC=C(C)C)c(CO)c1. The van der Waals surface area contributed by atoms with Crippen LogP contribution in [0.3, 0.4) is 0 Å². The van der Waals surface area contributed by atoms with Crippen LogP contribution in [0.5, 0.6) is 17.2 Å². The number of benzene rings is 3. The highest BCUT2D eigenvalue weighted by Crippen LogP contribution is 2.45. The summed E-state index contributed by atoms with van der Waals surface area (Å²) < 4.78 is 17.4. The molecule has 0 saturated carbocycles. The number of hydrogen-bond donors (Lipinski definition) is 2. The maximum absolute atomic E-state index is 10.4. The van der Waals surface area contributed by atoms with Gasteiger partial charge in [0, 0.05) is 22.3 Å². The van der Waals surface area contributed by atoms with Crippen LogP contribution in [0.4, 0.5) is 0 Å². The van der Waals surface area contributed by atoms with Gasteiger partial charge in [-0.05, 0) is 56.2 Å². The van der Waals surface area contributed by atoms with Gasteiger partial charge in [0.05, 0.1) is 27.4 Å². The van der Waals surface area contributed by atoms with E-state index in [1.54, 1.807) is 14.2 Å². The summed E-state index contributed by atoms with van der Waals surface area (Å²) in [5, 5.41) is 20.3. The van der Waals surface area contributed by atoms with Gasteiger partial charge in [-0.1, -0.05) is 41.5 Å². The molecule has 0 unspecified atom stereocenters. The lowest BCUT2D eigenvalue weighted by Crippen LogP contribution is -2.03. The molecule has 0 fully saturated rings. The zero-order valence-corrected chi connectivity index (χ0v) is 19.9. The summed E-state index contributed by atoms with van der Waals surface area (Å²) in [5.74, 6) is 1.82. The van der Waals surface area contributed by atoms with E-state index in [2.05, 4.69) is 0 Å². The number of rotatable bonds is 9. The third-order valence-electron chi connectivity index (χ3n) is 5.54. The van der Waals surface area contributed by atoms with Crippen LogP contribution in [-0.4, -0.2) is 31.0 Å². The van der Waals surface area contributed by atoms with E-state index in [-0.39, 0.29) is 13.2 Å². The molecule has 33 heavy (non-hydrogen) atoms. The Labute approximate surface area is 195 Å². The molecule has 0 aliphatic heterocycles. The molecule has 0 spiro atoms. The van der Waals surface area contributed by atoms with Crippen molar-refractivity contribution in [2.24, 2.45) is 0 Å². The van der Waals surface area contributed by atoms with Gasteiger partial charge < -0.3 is 24.4 Å². The van der Waals surface area contributed by atoms with Crippen molar-refractivity contribution in [2.75, 3.05) is 20.8 Å². The summed E-state index contributed by atoms with van der Waals surface area (Å²) in [6.07, 6.45) is 1.98. The van der Waals surface area contributed by atoms with E-state index in [0.29, 0.717) is 35.0 Å². The zero-order valence-electron chi connectivity index (χ0n) is 19.9. The van der Waals surface area contributed by atoms with E-state index in [9.17, 15) is 10.2 Å². The average Bonchev–Trinajstić information content (AvgIpc) is 2.83. The van der Waals surface area contributed by atoms with E-state index in [4.69, 9.17) is 14.2 Å². The van der Waals surface area contributed by atoms with Crippen LogP contribution in [0, 0.1) is 6.92 Å². The van der Waals surface area contributed by atoms with Gasteiger partial charge in [0.2, 0.25) is 0 Å². The highest BCUT2D eigenvalue weighted by molar-refractivity contribution is 5.85. The highest BCUT2D eigenvalue weighted by Gasteiger charge is 2.22. The van der Waals surface area contributed by atoms with Crippen molar-refractivity contribution in [3.8, 4) is 39.5 Å². The molecule has 0 amide bonds. The second-order valence-corrected chi connectivity index (χ2v) is 8.11. The van der Waals surface area contributed by atoms with Crippen molar-refractivity contribution in [3.63, 3.8) is 0 Å². The van der Waals surface area contributed by atoms with Crippen LogP contribution in [0.25, 0.3) is 22.3 Å². The molecule has 0 heterocycles. The average molecular weight is 449 g/mol. The predicted molar refractivity (Wildman–Crippen MR) is 132 cm³/mol. The van der Waals surface area contributed by atoms with Crippen LogP contribution in [-0.2, 0) is 13.2 Å². The molecule has 0 saturated heterocycles. The van der Waals surface area contributed by atoms with Crippen LogP contribution in [0.15, 0.2) is 60.2 Å². The summed E-state index contributed by atoms with van der Waals surface area (Å²) in [7, 11) is 3.21. The molecular weight excluding hydrogens is 416 g/mol. The lowest BCUT2D eigenvalue weighted by atomic mass is 9.91. The molecule has 2 N–H and O–H groups in total. The van der Waals surface area contributed by atoms with Crippen molar-refractivity contribution in [3.05, 3.63) is 76.9 Å². The monoisotopic (exact) mass is 448 g/mol. The lowest BCUT2D eigenvalue weighted by Gasteiger charge is -2.21. The highest BCUT2D eigenvalue weighted by atomic mass is 16.5. The van der Waals surface area contributed by atoms with Crippen molar-refractivity contribution < 1.29 is 24.4 Å². The summed E-state index contributed by atoms with van der Waals surface area (Å²) in [6, 6.07) is 15.6. The first-order valence-corrected chi connectivity index (χ1v) is 10.9. The van der Waals surface area contributed by atoms with Crippen LogP contribution in [0.2, 0.25) is 0 Å². The largest absolute Gasteiger partial charge is 0.496 e. The van der Waals surface area contributed by atoms with E-state index in [0.717, 1.165) is 33.4 Å². The fourth-order valence-corrected chi connectivity index (χ4v) is 3.80. The fourth-order valence-electron chi connectivity index (χ4n) is 3.80. The van der Waals surface area contributed by atoms with Gasteiger partial charge in [0.25, 0.3) is 0 Å². The summed E-state index contributed by atoms with van der Waals surface area (Å²) in [5.41, 5.74) is 6.92. The molecule has 0 aliphatic rings. The van der Waals surface area contributed by atoms with Crippen molar-refractivity contribution in [2.45, 2.75) is 34.0 Å². The number of aryl methyl sites for hydroxylation is 1. The molecule has 0 aromatic heterocycles. The third-order valence-corrected chi connectivity index (χ3v) is 5.54. The molecule has 0 atom stereocenters. The molecule has 5 nitrogen and oxygen atoms in total. The molecule has 3 aromatic carbocycles. The zero-order chi connectivity index (χ0) is 24.0. The Hall–Kier alpha value is -3.28. The van der Waals surface area contributed by atoms with E-state index in [1.807, 2.05) is 75.4 Å². The van der Waals surface area contributed by atoms with Crippen molar-refractivity contribution >= 4 is 0 Å². The first kappa shape index (κ1) is 24.4. The Bertz CT molecular complexity index is 1130. The van der Waals surface area contributed by atoms with Gasteiger partial charge in [-0.2, -0.15) is 0 Å². The molecule has 0 bridgehead atoms. The maximum atomic E-state index is 10.4. The molecule has 174 valence electrons. The Morgan fingerprint density at radius 3 is 2.12 bits per heavy atom. The first-order valence-electron chi connectivity index (χ1n) is 10.9. The second kappa shape index (κ2) is 11.0. The van der Waals surface area contributed by atoms with Gasteiger partial charge in [-0.3, -0.25) is 0 Å². The fraction of sp³-hybridized carbons (Fsp3) is 0.286. The molecule has 3 rings (SSSR count). The normalized spacial score (nSPS) is 10.6. The first-order chi connectivity index (χ1) is 15.9. The van der Waals surface area contributed by atoms with E-state index >= 15 is 0 Å². The van der Waals surface area contributed by atoms with Gasteiger partial charge in [0.15, 0.2) is 0 Å². The Morgan fingerprint density at radius 1 is 0.848 bits per heavy atom.